The Labute approximate surface area is 98.3 Å². The van der Waals surface area contributed by atoms with Crippen molar-refractivity contribution in [2.75, 3.05) is 6.54 Å². The second-order valence-corrected chi connectivity index (χ2v) is 4.18. The van der Waals surface area contributed by atoms with Crippen LogP contribution in [0.15, 0.2) is 30.3 Å². The van der Waals surface area contributed by atoms with Crippen LogP contribution in [0.4, 0.5) is 13.2 Å². The Hall–Kier alpha value is -1.29. The lowest BCUT2D eigenvalue weighted by Crippen LogP contribution is -2.17. The molecular formula is C13H14F3N. The third-order valence-electron chi connectivity index (χ3n) is 2.86. The third kappa shape index (κ3) is 3.33. The number of halogens is 3. The summed E-state index contributed by atoms with van der Waals surface area (Å²) in [6, 6.07) is 5.57. The van der Waals surface area contributed by atoms with E-state index in [1.54, 1.807) is 0 Å². The van der Waals surface area contributed by atoms with Crippen molar-refractivity contribution in [3.05, 3.63) is 41.5 Å². The molecule has 1 heterocycles. The summed E-state index contributed by atoms with van der Waals surface area (Å²) in [4.78, 5) is 0. The predicted molar refractivity (Wildman–Crippen MR) is 61.5 cm³/mol. The molecule has 1 fully saturated rings. The molecule has 0 saturated carbocycles. The van der Waals surface area contributed by atoms with E-state index in [0.717, 1.165) is 37.1 Å². The first-order valence-electron chi connectivity index (χ1n) is 5.64. The minimum Gasteiger partial charge on any atom is -0.311 e. The number of alkyl halides is 3. The van der Waals surface area contributed by atoms with Crippen LogP contribution in [0, 0.1) is 0 Å². The van der Waals surface area contributed by atoms with E-state index < -0.39 is 11.7 Å². The fourth-order valence-electron chi connectivity index (χ4n) is 1.89. The van der Waals surface area contributed by atoms with E-state index in [4.69, 9.17) is 0 Å². The van der Waals surface area contributed by atoms with Crippen LogP contribution in [0.2, 0.25) is 0 Å². The third-order valence-corrected chi connectivity index (χ3v) is 2.86. The Morgan fingerprint density at radius 3 is 2.41 bits per heavy atom. The first-order valence-corrected chi connectivity index (χ1v) is 5.64. The molecule has 0 radical (unpaired) electrons. The van der Waals surface area contributed by atoms with Crippen molar-refractivity contribution < 1.29 is 13.2 Å². The molecule has 1 aromatic rings. The average Bonchev–Trinajstić information content (AvgIpc) is 2.78. The van der Waals surface area contributed by atoms with Crippen LogP contribution in [-0.2, 0) is 6.18 Å². The molecule has 0 aliphatic carbocycles. The largest absolute Gasteiger partial charge is 0.416 e. The minimum atomic E-state index is -4.25. The van der Waals surface area contributed by atoms with Crippen molar-refractivity contribution in [3.8, 4) is 0 Å². The zero-order valence-corrected chi connectivity index (χ0v) is 9.30. The van der Waals surface area contributed by atoms with Crippen LogP contribution in [0.3, 0.4) is 0 Å². The maximum atomic E-state index is 12.3. The number of nitrogens with one attached hydrogen (secondary N) is 1. The Balaban J connectivity index is 2.02. The summed E-state index contributed by atoms with van der Waals surface area (Å²) in [6.07, 6.45) is 1.87. The van der Waals surface area contributed by atoms with Gasteiger partial charge >= 0.3 is 6.18 Å². The van der Waals surface area contributed by atoms with E-state index in [2.05, 4.69) is 5.32 Å². The molecule has 1 unspecified atom stereocenters. The molecule has 0 amide bonds. The molecule has 1 atom stereocenters. The van der Waals surface area contributed by atoms with Crippen LogP contribution in [0.5, 0.6) is 0 Å². The summed E-state index contributed by atoms with van der Waals surface area (Å²) >= 11 is 0. The molecule has 1 nitrogen and oxygen atoms in total. The van der Waals surface area contributed by atoms with Gasteiger partial charge in [0.2, 0.25) is 0 Å². The van der Waals surface area contributed by atoms with E-state index in [1.165, 1.54) is 12.1 Å². The van der Waals surface area contributed by atoms with Crippen molar-refractivity contribution in [2.24, 2.45) is 0 Å². The van der Waals surface area contributed by atoms with Gasteiger partial charge in [0.05, 0.1) is 5.56 Å². The highest BCUT2D eigenvalue weighted by atomic mass is 19.4. The molecular weight excluding hydrogens is 227 g/mol. The summed E-state index contributed by atoms with van der Waals surface area (Å²) in [5.41, 5.74) is 0.195. The van der Waals surface area contributed by atoms with Gasteiger partial charge in [0.25, 0.3) is 0 Å². The fraction of sp³-hybridized carbons (Fsp3) is 0.385. The van der Waals surface area contributed by atoms with E-state index in [0.29, 0.717) is 6.04 Å². The quantitative estimate of drug-likeness (QED) is 0.836. The zero-order chi connectivity index (χ0) is 12.3. The first-order chi connectivity index (χ1) is 8.05. The van der Waals surface area contributed by atoms with Gasteiger partial charge in [-0.2, -0.15) is 13.2 Å². The maximum absolute atomic E-state index is 12.3. The van der Waals surface area contributed by atoms with Crippen LogP contribution in [0.25, 0.3) is 6.08 Å². The fourth-order valence-corrected chi connectivity index (χ4v) is 1.89. The van der Waals surface area contributed by atoms with Crippen LogP contribution < -0.4 is 5.32 Å². The van der Waals surface area contributed by atoms with Crippen LogP contribution in [-0.4, -0.2) is 12.6 Å². The second kappa shape index (κ2) is 4.92. The molecule has 0 spiro atoms. The van der Waals surface area contributed by atoms with E-state index in [9.17, 15) is 13.2 Å². The highest BCUT2D eigenvalue weighted by Crippen LogP contribution is 2.29. The van der Waals surface area contributed by atoms with Gasteiger partial charge in [-0.1, -0.05) is 24.3 Å². The molecule has 1 aromatic carbocycles. The molecule has 0 aromatic heterocycles. The highest BCUT2D eigenvalue weighted by molar-refractivity contribution is 5.50. The Bertz CT molecular complexity index is 386. The summed E-state index contributed by atoms with van der Waals surface area (Å²) < 4.78 is 37.0. The van der Waals surface area contributed by atoms with Crippen molar-refractivity contribution in [1.29, 1.82) is 0 Å². The lowest BCUT2D eigenvalue weighted by molar-refractivity contribution is -0.137. The van der Waals surface area contributed by atoms with Crippen molar-refractivity contribution >= 4 is 6.08 Å². The van der Waals surface area contributed by atoms with Crippen LogP contribution in [0.1, 0.15) is 24.0 Å². The smallest absolute Gasteiger partial charge is 0.311 e. The molecule has 1 saturated heterocycles. The van der Waals surface area contributed by atoms with Crippen molar-refractivity contribution in [3.63, 3.8) is 0 Å². The molecule has 4 heteroatoms. The normalized spacial score (nSPS) is 21.2. The monoisotopic (exact) mass is 241 g/mol. The number of benzene rings is 1. The first kappa shape index (κ1) is 12.2. The summed E-state index contributed by atoms with van der Waals surface area (Å²) in [5, 5.41) is 3.30. The molecule has 17 heavy (non-hydrogen) atoms. The zero-order valence-electron chi connectivity index (χ0n) is 9.30. The SMILES string of the molecule is FC(F)(F)c1ccc(/C=C/C2CCCN2)cc1. The molecule has 0 bridgehead atoms. The van der Waals surface area contributed by atoms with Crippen molar-refractivity contribution in [2.45, 2.75) is 25.1 Å². The highest BCUT2D eigenvalue weighted by Gasteiger charge is 2.29. The number of hydrogen-bond acceptors (Lipinski definition) is 1. The lowest BCUT2D eigenvalue weighted by Gasteiger charge is -2.06. The van der Waals surface area contributed by atoms with E-state index >= 15 is 0 Å². The molecule has 1 aliphatic heterocycles. The van der Waals surface area contributed by atoms with Gasteiger partial charge in [0, 0.05) is 6.04 Å². The van der Waals surface area contributed by atoms with Gasteiger partial charge in [0.15, 0.2) is 0 Å². The van der Waals surface area contributed by atoms with Crippen molar-refractivity contribution in [1.82, 2.24) is 5.32 Å². The Kier molecular flexibility index (Phi) is 3.52. The van der Waals surface area contributed by atoms with E-state index in [-0.39, 0.29) is 0 Å². The van der Waals surface area contributed by atoms with Gasteiger partial charge in [-0.15, -0.1) is 0 Å². The average molecular weight is 241 g/mol. The van der Waals surface area contributed by atoms with Gasteiger partial charge in [-0.25, -0.2) is 0 Å². The van der Waals surface area contributed by atoms with Gasteiger partial charge in [-0.05, 0) is 37.1 Å². The predicted octanol–water partition coefficient (Wildman–Crippen LogP) is 3.47. The van der Waals surface area contributed by atoms with Crippen LogP contribution >= 0.6 is 0 Å². The van der Waals surface area contributed by atoms with Gasteiger partial charge in [-0.3, -0.25) is 0 Å². The summed E-state index contributed by atoms with van der Waals surface area (Å²) in [6.45, 7) is 1.02. The Morgan fingerprint density at radius 1 is 1.18 bits per heavy atom. The maximum Gasteiger partial charge on any atom is 0.416 e. The van der Waals surface area contributed by atoms with Gasteiger partial charge in [0.1, 0.15) is 0 Å². The minimum absolute atomic E-state index is 0.359. The standard InChI is InChI=1S/C13H14F3N/c14-13(15,16)11-6-3-10(4-7-11)5-8-12-2-1-9-17-12/h3-8,12,17H,1-2,9H2/b8-5+. The molecule has 92 valence electrons. The molecule has 1 aliphatic rings. The second-order valence-electron chi connectivity index (χ2n) is 4.18. The number of hydrogen-bond donors (Lipinski definition) is 1. The summed E-state index contributed by atoms with van der Waals surface area (Å²) in [5.74, 6) is 0. The Morgan fingerprint density at radius 2 is 1.88 bits per heavy atom. The molecule has 2 rings (SSSR count). The number of rotatable bonds is 2. The summed E-state index contributed by atoms with van der Waals surface area (Å²) in [7, 11) is 0. The topological polar surface area (TPSA) is 12.0 Å². The van der Waals surface area contributed by atoms with E-state index in [1.807, 2.05) is 12.2 Å². The molecule has 1 N–H and O–H groups in total. The lowest BCUT2D eigenvalue weighted by atomic mass is 10.1. The van der Waals surface area contributed by atoms with Gasteiger partial charge < -0.3 is 5.32 Å².